The first kappa shape index (κ1) is 22.1. The zero-order valence-corrected chi connectivity index (χ0v) is 19.3. The lowest BCUT2D eigenvalue weighted by atomic mass is 10.0. The number of sulfonamides is 1. The maximum atomic E-state index is 13.1. The third-order valence-electron chi connectivity index (χ3n) is 5.81. The molecule has 34 heavy (non-hydrogen) atoms. The Morgan fingerprint density at radius 2 is 1.68 bits per heavy atom. The maximum absolute atomic E-state index is 13.1. The van der Waals surface area contributed by atoms with Gasteiger partial charge in [-0.25, -0.2) is 13.1 Å². The first-order chi connectivity index (χ1) is 16.5. The largest absolute Gasteiger partial charge is 0.326 e. The molecule has 0 spiro atoms. The third kappa shape index (κ3) is 4.78. The highest BCUT2D eigenvalue weighted by atomic mass is 32.2. The Kier molecular flexibility index (Phi) is 6.00. The van der Waals surface area contributed by atoms with E-state index in [0.29, 0.717) is 25.1 Å². The van der Waals surface area contributed by atoms with Crippen LogP contribution in [-0.4, -0.2) is 24.1 Å². The van der Waals surface area contributed by atoms with Gasteiger partial charge in [-0.05, 0) is 35.7 Å². The zero-order valence-electron chi connectivity index (χ0n) is 18.4. The van der Waals surface area contributed by atoms with Crippen LogP contribution in [0.25, 0.3) is 11.3 Å². The van der Waals surface area contributed by atoms with Gasteiger partial charge in [-0.15, -0.1) is 0 Å². The summed E-state index contributed by atoms with van der Waals surface area (Å²) in [5, 5.41) is 7.54. The highest BCUT2D eigenvalue weighted by Crippen LogP contribution is 2.26. The molecule has 2 N–H and O–H groups in total. The number of aryl methyl sites for hydroxylation is 1. The van der Waals surface area contributed by atoms with Crippen molar-refractivity contribution < 1.29 is 13.2 Å². The molecule has 0 atom stereocenters. The van der Waals surface area contributed by atoms with Crippen molar-refractivity contribution in [2.45, 2.75) is 30.8 Å². The molecule has 4 aromatic rings. The van der Waals surface area contributed by atoms with Crippen molar-refractivity contribution in [2.24, 2.45) is 0 Å². The Balaban J connectivity index is 1.40. The number of carbonyl (C=O) groups excluding carboxylic acids is 1. The van der Waals surface area contributed by atoms with Crippen molar-refractivity contribution in [3.8, 4) is 11.3 Å². The van der Waals surface area contributed by atoms with Gasteiger partial charge in [0.15, 0.2) is 0 Å². The molecule has 1 amide bonds. The number of aromatic nitrogens is 2. The molecule has 172 valence electrons. The van der Waals surface area contributed by atoms with Gasteiger partial charge in [0.2, 0.25) is 15.9 Å². The molecule has 7 nitrogen and oxygen atoms in total. The van der Waals surface area contributed by atoms with Crippen molar-refractivity contribution in [1.82, 2.24) is 14.5 Å². The molecule has 8 heteroatoms. The predicted octanol–water partition coefficient (Wildman–Crippen LogP) is 3.96. The van der Waals surface area contributed by atoms with Gasteiger partial charge in [0.25, 0.3) is 0 Å². The second-order valence-electron chi connectivity index (χ2n) is 8.24. The fraction of sp³-hybridized carbons (Fsp3) is 0.154. The number of hydrogen-bond acceptors (Lipinski definition) is 4. The van der Waals surface area contributed by atoms with Crippen LogP contribution in [0.4, 0.5) is 5.69 Å². The monoisotopic (exact) mass is 472 g/mol. The summed E-state index contributed by atoms with van der Waals surface area (Å²) in [5.41, 5.74) is 5.06. The van der Waals surface area contributed by atoms with Crippen molar-refractivity contribution in [2.75, 3.05) is 5.32 Å². The molecule has 0 fully saturated rings. The Hall–Kier alpha value is -3.75. The van der Waals surface area contributed by atoms with Crippen LogP contribution in [0.15, 0.2) is 90.0 Å². The number of benzene rings is 3. The van der Waals surface area contributed by atoms with Crippen molar-refractivity contribution in [3.05, 3.63) is 102 Å². The minimum Gasteiger partial charge on any atom is -0.326 e. The highest BCUT2D eigenvalue weighted by Gasteiger charge is 2.21. The molecule has 0 radical (unpaired) electrons. The maximum Gasteiger partial charge on any atom is 0.240 e. The van der Waals surface area contributed by atoms with Crippen LogP contribution in [0.1, 0.15) is 23.1 Å². The van der Waals surface area contributed by atoms with Gasteiger partial charge in [-0.3, -0.25) is 9.48 Å². The van der Waals surface area contributed by atoms with Crippen molar-refractivity contribution in [1.29, 1.82) is 0 Å². The van der Waals surface area contributed by atoms with Crippen molar-refractivity contribution >= 4 is 21.6 Å². The quantitative estimate of drug-likeness (QED) is 0.426. The summed E-state index contributed by atoms with van der Waals surface area (Å²) in [6, 6.07) is 24.5. The molecule has 0 saturated heterocycles. The predicted molar refractivity (Wildman–Crippen MR) is 131 cm³/mol. The normalized spacial score (nSPS) is 13.4. The summed E-state index contributed by atoms with van der Waals surface area (Å²) in [4.78, 5) is 11.8. The zero-order chi connectivity index (χ0) is 23.5. The standard InChI is InChI=1S/C26H24N4O3S/c31-25-14-11-21-15-23(12-13-24(21)28-25)34(32,33)27-16-22-18-30(17-19-7-3-1-4-8-19)29-26(22)20-9-5-2-6-10-20/h1-10,12-13,15,18,27H,11,14,16-17H2,(H,28,31). The highest BCUT2D eigenvalue weighted by molar-refractivity contribution is 7.89. The van der Waals surface area contributed by atoms with E-state index in [0.717, 1.165) is 27.9 Å². The van der Waals surface area contributed by atoms with E-state index in [4.69, 9.17) is 5.10 Å². The molecule has 0 saturated carbocycles. The molecular weight excluding hydrogens is 448 g/mol. The number of fused-ring (bicyclic) bond motifs is 1. The van der Waals surface area contributed by atoms with E-state index in [-0.39, 0.29) is 17.3 Å². The lowest BCUT2D eigenvalue weighted by molar-refractivity contribution is -0.116. The average Bonchev–Trinajstić information content (AvgIpc) is 3.26. The number of amides is 1. The Bertz CT molecular complexity index is 1430. The number of nitrogens with one attached hydrogen (secondary N) is 2. The number of hydrogen-bond donors (Lipinski definition) is 2. The molecule has 0 bridgehead atoms. The second kappa shape index (κ2) is 9.24. The van der Waals surface area contributed by atoms with E-state index in [1.807, 2.05) is 71.5 Å². The molecular formula is C26H24N4O3S. The lowest BCUT2D eigenvalue weighted by Crippen LogP contribution is -2.24. The average molecular weight is 473 g/mol. The smallest absolute Gasteiger partial charge is 0.240 e. The molecule has 1 aliphatic rings. The van der Waals surface area contributed by atoms with Gasteiger partial charge in [0.05, 0.1) is 17.1 Å². The minimum absolute atomic E-state index is 0.0535. The summed E-state index contributed by atoms with van der Waals surface area (Å²) in [5.74, 6) is -0.0535. The summed E-state index contributed by atoms with van der Waals surface area (Å²) in [7, 11) is -3.75. The molecule has 1 aromatic heterocycles. The Labute approximate surface area is 198 Å². The summed E-state index contributed by atoms with van der Waals surface area (Å²) >= 11 is 0. The fourth-order valence-electron chi connectivity index (χ4n) is 4.07. The second-order valence-corrected chi connectivity index (χ2v) is 10.0. The first-order valence-electron chi connectivity index (χ1n) is 11.1. The number of anilines is 1. The number of carbonyl (C=O) groups is 1. The summed E-state index contributed by atoms with van der Waals surface area (Å²) in [6.07, 6.45) is 2.76. The van der Waals surface area contributed by atoms with Crippen LogP contribution in [0.3, 0.4) is 0 Å². The molecule has 0 unspecified atom stereocenters. The van der Waals surface area contributed by atoms with Gasteiger partial charge >= 0.3 is 0 Å². The van der Waals surface area contributed by atoms with E-state index in [1.165, 1.54) is 6.07 Å². The topological polar surface area (TPSA) is 93.1 Å². The molecule has 2 heterocycles. The van der Waals surface area contributed by atoms with Crippen LogP contribution in [0.2, 0.25) is 0 Å². The molecule has 3 aromatic carbocycles. The van der Waals surface area contributed by atoms with E-state index >= 15 is 0 Å². The molecule has 5 rings (SSSR count). The molecule has 1 aliphatic heterocycles. The summed E-state index contributed by atoms with van der Waals surface area (Å²) < 4.78 is 30.7. The first-order valence-corrected chi connectivity index (χ1v) is 12.5. The number of rotatable bonds is 7. The van der Waals surface area contributed by atoms with Crippen LogP contribution in [-0.2, 0) is 34.3 Å². The van der Waals surface area contributed by atoms with Crippen LogP contribution in [0.5, 0.6) is 0 Å². The van der Waals surface area contributed by atoms with Gasteiger partial charge < -0.3 is 5.32 Å². The van der Waals surface area contributed by atoms with Gasteiger partial charge in [0, 0.05) is 36.0 Å². The fourth-order valence-corrected chi connectivity index (χ4v) is 5.12. The van der Waals surface area contributed by atoms with Gasteiger partial charge in [-0.1, -0.05) is 60.7 Å². The minimum atomic E-state index is -3.75. The molecule has 0 aliphatic carbocycles. The van der Waals surface area contributed by atoms with Gasteiger partial charge in [-0.2, -0.15) is 5.10 Å². The Morgan fingerprint density at radius 1 is 0.941 bits per heavy atom. The van der Waals surface area contributed by atoms with Gasteiger partial charge in [0.1, 0.15) is 0 Å². The number of nitrogens with zero attached hydrogens (tertiary/aromatic N) is 2. The Morgan fingerprint density at radius 3 is 2.44 bits per heavy atom. The van der Waals surface area contributed by atoms with E-state index in [2.05, 4.69) is 10.0 Å². The van der Waals surface area contributed by atoms with E-state index in [9.17, 15) is 13.2 Å². The third-order valence-corrected chi connectivity index (χ3v) is 7.21. The van der Waals surface area contributed by atoms with Crippen molar-refractivity contribution in [3.63, 3.8) is 0 Å². The van der Waals surface area contributed by atoms with E-state index in [1.54, 1.807) is 12.1 Å². The van der Waals surface area contributed by atoms with E-state index < -0.39 is 10.0 Å². The van der Waals surface area contributed by atoms with Crippen LogP contribution >= 0.6 is 0 Å². The lowest BCUT2D eigenvalue weighted by Gasteiger charge is -2.17. The van der Waals surface area contributed by atoms with Crippen LogP contribution in [0, 0.1) is 0 Å². The summed E-state index contributed by atoms with van der Waals surface area (Å²) in [6.45, 7) is 0.694. The SMILES string of the molecule is O=C1CCc2cc(S(=O)(=O)NCc3cn(Cc4ccccc4)nc3-c3ccccc3)ccc2N1. The van der Waals surface area contributed by atoms with Crippen LogP contribution < -0.4 is 10.0 Å².